The highest BCUT2D eigenvalue weighted by Crippen LogP contribution is 2.37. The molecule has 3 unspecified atom stereocenters. The molecule has 2 aliphatic rings. The fourth-order valence-corrected chi connectivity index (χ4v) is 3.66. The van der Waals surface area contributed by atoms with Gasteiger partial charge < -0.3 is 20.2 Å². The number of amides is 2. The molecule has 0 radical (unpaired) electrons. The molecule has 1 saturated carbocycles. The number of aryl methyl sites for hydroxylation is 1. The molecule has 5 heteroatoms. The van der Waals surface area contributed by atoms with Gasteiger partial charge in [-0.25, -0.2) is 4.79 Å². The van der Waals surface area contributed by atoms with Gasteiger partial charge in [-0.1, -0.05) is 13.3 Å². The first-order valence-electron chi connectivity index (χ1n) is 7.86. The molecule has 0 aromatic carbocycles. The zero-order valence-corrected chi connectivity index (χ0v) is 12.5. The Morgan fingerprint density at radius 3 is 3.10 bits per heavy atom. The quantitative estimate of drug-likeness (QED) is 0.801. The fraction of sp³-hybridized carbons (Fsp3) is 0.688. The number of hydrogen-bond acceptors (Lipinski definition) is 3. The number of aliphatic hydroxyl groups is 1. The van der Waals surface area contributed by atoms with Gasteiger partial charge in [-0.2, -0.15) is 0 Å². The Bertz CT molecular complexity index is 513. The minimum absolute atomic E-state index is 0.0364. The molecule has 21 heavy (non-hydrogen) atoms. The molecular formula is C16H24N2O3. The standard InChI is InChI=1S/C16H24N2O3/c1-16(10-19)8-3-6-14(16)18-15(20)17-12-4-2-5-13-11(12)7-9-21-13/h7,9,12,14,19H,2-6,8,10H2,1H3,(H2,17,18,20). The maximum absolute atomic E-state index is 12.3. The summed E-state index contributed by atoms with van der Waals surface area (Å²) in [6.07, 6.45) is 7.58. The van der Waals surface area contributed by atoms with Crippen LogP contribution >= 0.6 is 0 Å². The van der Waals surface area contributed by atoms with Gasteiger partial charge in [-0.05, 0) is 31.7 Å². The second-order valence-electron chi connectivity index (χ2n) is 6.62. The molecule has 0 aliphatic heterocycles. The van der Waals surface area contributed by atoms with Gasteiger partial charge in [-0.15, -0.1) is 0 Å². The van der Waals surface area contributed by atoms with E-state index in [2.05, 4.69) is 10.6 Å². The summed E-state index contributed by atoms with van der Waals surface area (Å²) in [5.74, 6) is 0.993. The smallest absolute Gasteiger partial charge is 0.315 e. The van der Waals surface area contributed by atoms with Crippen LogP contribution in [0.4, 0.5) is 4.79 Å². The molecule has 1 heterocycles. The van der Waals surface area contributed by atoms with Gasteiger partial charge >= 0.3 is 6.03 Å². The summed E-state index contributed by atoms with van der Waals surface area (Å²) in [6.45, 7) is 2.16. The van der Waals surface area contributed by atoms with E-state index in [9.17, 15) is 9.90 Å². The molecule has 0 spiro atoms. The Morgan fingerprint density at radius 2 is 2.29 bits per heavy atom. The monoisotopic (exact) mass is 292 g/mol. The summed E-state index contributed by atoms with van der Waals surface area (Å²) < 4.78 is 5.45. The van der Waals surface area contributed by atoms with Crippen LogP contribution in [0.3, 0.4) is 0 Å². The number of rotatable bonds is 3. The van der Waals surface area contributed by atoms with Crippen molar-refractivity contribution in [3.63, 3.8) is 0 Å². The third-order valence-electron chi connectivity index (χ3n) is 5.11. The molecule has 1 fully saturated rings. The SMILES string of the molecule is CC1(CO)CCCC1NC(=O)NC1CCCc2occc21. The summed E-state index contributed by atoms with van der Waals surface area (Å²) in [4.78, 5) is 12.3. The number of fused-ring (bicyclic) bond motifs is 1. The Balaban J connectivity index is 1.61. The zero-order chi connectivity index (χ0) is 14.9. The van der Waals surface area contributed by atoms with Crippen LogP contribution in [0.1, 0.15) is 56.4 Å². The maximum atomic E-state index is 12.3. The van der Waals surface area contributed by atoms with E-state index in [0.29, 0.717) is 0 Å². The van der Waals surface area contributed by atoms with Gasteiger partial charge in [0.25, 0.3) is 0 Å². The highest BCUT2D eigenvalue weighted by molar-refractivity contribution is 5.75. The molecular weight excluding hydrogens is 268 g/mol. The first kappa shape index (κ1) is 14.4. The number of urea groups is 1. The molecule has 0 bridgehead atoms. The van der Waals surface area contributed by atoms with Gasteiger partial charge in [0.15, 0.2) is 0 Å². The van der Waals surface area contributed by atoms with Crippen molar-refractivity contribution in [2.24, 2.45) is 5.41 Å². The van der Waals surface area contributed by atoms with Gasteiger partial charge in [0.05, 0.1) is 18.9 Å². The average molecular weight is 292 g/mol. The highest BCUT2D eigenvalue weighted by Gasteiger charge is 2.39. The predicted octanol–water partition coefficient (Wildman–Crippen LogP) is 2.51. The normalized spacial score (nSPS) is 31.7. The fourth-order valence-electron chi connectivity index (χ4n) is 3.66. The Hall–Kier alpha value is -1.49. The molecule has 2 amide bonds. The van der Waals surface area contributed by atoms with Gasteiger partial charge in [0.2, 0.25) is 0 Å². The minimum Gasteiger partial charge on any atom is -0.469 e. The van der Waals surface area contributed by atoms with Crippen molar-refractivity contribution in [3.8, 4) is 0 Å². The second-order valence-corrected chi connectivity index (χ2v) is 6.62. The number of carbonyl (C=O) groups excluding carboxylic acids is 1. The summed E-state index contributed by atoms with van der Waals surface area (Å²) in [7, 11) is 0. The largest absolute Gasteiger partial charge is 0.469 e. The average Bonchev–Trinajstić information content (AvgIpc) is 3.08. The molecule has 2 aliphatic carbocycles. The topological polar surface area (TPSA) is 74.5 Å². The first-order valence-corrected chi connectivity index (χ1v) is 7.86. The molecule has 3 N–H and O–H groups in total. The van der Waals surface area contributed by atoms with Crippen molar-refractivity contribution < 1.29 is 14.3 Å². The number of nitrogens with one attached hydrogen (secondary N) is 2. The van der Waals surface area contributed by atoms with Gasteiger partial charge in [0, 0.05) is 23.4 Å². The van der Waals surface area contributed by atoms with Crippen molar-refractivity contribution in [3.05, 3.63) is 23.7 Å². The van der Waals surface area contributed by atoms with E-state index in [-0.39, 0.29) is 30.1 Å². The van der Waals surface area contributed by atoms with Crippen molar-refractivity contribution in [2.45, 2.75) is 57.5 Å². The summed E-state index contributed by atoms with van der Waals surface area (Å²) in [5, 5.41) is 15.7. The van der Waals surface area contributed by atoms with Crippen molar-refractivity contribution in [1.82, 2.24) is 10.6 Å². The predicted molar refractivity (Wildman–Crippen MR) is 78.9 cm³/mol. The van der Waals surface area contributed by atoms with Crippen LogP contribution in [0, 0.1) is 5.41 Å². The van der Waals surface area contributed by atoms with E-state index in [1.807, 2.05) is 13.0 Å². The van der Waals surface area contributed by atoms with E-state index in [0.717, 1.165) is 49.8 Å². The van der Waals surface area contributed by atoms with Crippen LogP contribution < -0.4 is 10.6 Å². The van der Waals surface area contributed by atoms with E-state index in [1.54, 1.807) is 6.26 Å². The van der Waals surface area contributed by atoms with E-state index in [1.165, 1.54) is 0 Å². The van der Waals surface area contributed by atoms with E-state index >= 15 is 0 Å². The first-order chi connectivity index (χ1) is 10.1. The lowest BCUT2D eigenvalue weighted by Gasteiger charge is -2.31. The maximum Gasteiger partial charge on any atom is 0.315 e. The second kappa shape index (κ2) is 5.72. The molecule has 5 nitrogen and oxygen atoms in total. The molecule has 3 rings (SSSR count). The molecule has 0 saturated heterocycles. The van der Waals surface area contributed by atoms with Crippen LogP contribution in [0.2, 0.25) is 0 Å². The molecule has 1 aromatic heterocycles. The third kappa shape index (κ3) is 2.79. The Morgan fingerprint density at radius 1 is 1.43 bits per heavy atom. The summed E-state index contributed by atoms with van der Waals surface area (Å²) in [5.41, 5.74) is 0.915. The summed E-state index contributed by atoms with van der Waals surface area (Å²) >= 11 is 0. The van der Waals surface area contributed by atoms with Gasteiger partial charge in [0.1, 0.15) is 5.76 Å². The van der Waals surface area contributed by atoms with Crippen LogP contribution in [0.5, 0.6) is 0 Å². The van der Waals surface area contributed by atoms with Crippen LogP contribution in [-0.2, 0) is 6.42 Å². The van der Waals surface area contributed by atoms with E-state index < -0.39 is 0 Å². The number of aliphatic hydroxyl groups excluding tert-OH is 1. The lowest BCUT2D eigenvalue weighted by atomic mass is 9.86. The minimum atomic E-state index is -0.190. The highest BCUT2D eigenvalue weighted by atomic mass is 16.3. The Kier molecular flexibility index (Phi) is 3.93. The lowest BCUT2D eigenvalue weighted by Crippen LogP contribution is -2.49. The molecule has 1 aromatic rings. The van der Waals surface area contributed by atoms with Crippen LogP contribution in [-0.4, -0.2) is 23.8 Å². The van der Waals surface area contributed by atoms with Crippen molar-refractivity contribution in [2.75, 3.05) is 6.61 Å². The molecule has 116 valence electrons. The zero-order valence-electron chi connectivity index (χ0n) is 12.5. The number of hydrogen-bond donors (Lipinski definition) is 3. The van der Waals surface area contributed by atoms with E-state index in [4.69, 9.17) is 4.42 Å². The third-order valence-corrected chi connectivity index (χ3v) is 5.11. The van der Waals surface area contributed by atoms with Crippen LogP contribution in [0.15, 0.2) is 16.7 Å². The van der Waals surface area contributed by atoms with Crippen molar-refractivity contribution >= 4 is 6.03 Å². The van der Waals surface area contributed by atoms with Crippen LogP contribution in [0.25, 0.3) is 0 Å². The number of furan rings is 1. The molecule has 3 atom stereocenters. The van der Waals surface area contributed by atoms with Gasteiger partial charge in [-0.3, -0.25) is 0 Å². The van der Waals surface area contributed by atoms with Crippen molar-refractivity contribution in [1.29, 1.82) is 0 Å². The number of carbonyl (C=O) groups is 1. The summed E-state index contributed by atoms with van der Waals surface area (Å²) in [6, 6.07) is 1.90. The Labute approximate surface area is 125 Å². The lowest BCUT2D eigenvalue weighted by molar-refractivity contribution is 0.120.